The van der Waals surface area contributed by atoms with Crippen molar-refractivity contribution in [1.82, 2.24) is 14.9 Å². The number of fused-ring (bicyclic) bond motifs is 1. The number of nitrogens with one attached hydrogen (secondary N) is 1. The van der Waals surface area contributed by atoms with E-state index in [4.69, 9.17) is 0 Å². The lowest BCUT2D eigenvalue weighted by Gasteiger charge is -2.09. The second kappa shape index (κ2) is 3.82. The lowest BCUT2D eigenvalue weighted by atomic mass is 10.2. The molecule has 0 spiro atoms. The normalized spacial score (nSPS) is 13.7. The molecular weight excluding hydrogens is 214 g/mol. The molecule has 1 aliphatic heterocycles. The summed E-state index contributed by atoms with van der Waals surface area (Å²) >= 11 is 0. The Kier molecular flexibility index (Phi) is 2.30. The van der Waals surface area contributed by atoms with Crippen molar-refractivity contribution < 1.29 is 0 Å². The van der Waals surface area contributed by atoms with Gasteiger partial charge in [0.2, 0.25) is 0 Å². The Morgan fingerprint density at radius 2 is 2.12 bits per heavy atom. The van der Waals surface area contributed by atoms with Gasteiger partial charge in [0.05, 0.1) is 16.9 Å². The molecule has 3 rings (SSSR count). The quantitative estimate of drug-likeness (QED) is 0.794. The number of nitrogens with zero attached hydrogens (tertiary/aromatic N) is 2. The maximum absolute atomic E-state index is 12.3. The fourth-order valence-electron chi connectivity index (χ4n) is 2.17. The zero-order valence-electron chi connectivity index (χ0n) is 9.60. The first-order chi connectivity index (χ1) is 8.27. The number of hydrogen-bond acceptors (Lipinski definition) is 3. The third kappa shape index (κ3) is 1.57. The van der Waals surface area contributed by atoms with Crippen molar-refractivity contribution in [3.8, 4) is 5.69 Å². The van der Waals surface area contributed by atoms with Gasteiger partial charge < -0.3 is 5.32 Å². The van der Waals surface area contributed by atoms with Crippen molar-refractivity contribution in [2.24, 2.45) is 0 Å². The van der Waals surface area contributed by atoms with E-state index in [1.54, 1.807) is 10.9 Å². The van der Waals surface area contributed by atoms with Crippen LogP contribution in [0.25, 0.3) is 5.69 Å². The maximum Gasteiger partial charge on any atom is 0.262 e. The van der Waals surface area contributed by atoms with Gasteiger partial charge in [-0.15, -0.1) is 0 Å². The van der Waals surface area contributed by atoms with Crippen LogP contribution < -0.4 is 10.9 Å². The molecule has 1 N–H and O–H groups in total. The Bertz CT molecular complexity index is 631. The third-order valence-corrected chi connectivity index (χ3v) is 3.12. The fraction of sp³-hybridized carbons (Fsp3) is 0.231. The molecule has 1 aliphatic rings. The minimum Gasteiger partial charge on any atom is -0.307 e. The van der Waals surface area contributed by atoms with E-state index in [-0.39, 0.29) is 5.56 Å². The van der Waals surface area contributed by atoms with E-state index >= 15 is 0 Å². The van der Waals surface area contributed by atoms with E-state index in [1.165, 1.54) is 0 Å². The Hall–Kier alpha value is -1.94. The molecule has 0 bridgehead atoms. The average molecular weight is 227 g/mol. The van der Waals surface area contributed by atoms with Crippen LogP contribution in [0.2, 0.25) is 0 Å². The van der Waals surface area contributed by atoms with Crippen LogP contribution in [0.4, 0.5) is 0 Å². The Morgan fingerprint density at radius 3 is 2.94 bits per heavy atom. The third-order valence-electron chi connectivity index (χ3n) is 3.12. The summed E-state index contributed by atoms with van der Waals surface area (Å²) in [5, 5.41) is 3.15. The second-order valence-corrected chi connectivity index (χ2v) is 4.24. The number of aromatic nitrogens is 2. The van der Waals surface area contributed by atoms with Crippen LogP contribution in [-0.2, 0) is 13.1 Å². The maximum atomic E-state index is 12.3. The largest absolute Gasteiger partial charge is 0.307 e. The highest BCUT2D eigenvalue weighted by Crippen LogP contribution is 2.13. The molecule has 2 aromatic rings. The summed E-state index contributed by atoms with van der Waals surface area (Å²) in [7, 11) is 0. The van der Waals surface area contributed by atoms with Gasteiger partial charge in [0, 0.05) is 13.1 Å². The predicted molar refractivity (Wildman–Crippen MR) is 65.1 cm³/mol. The molecule has 2 heterocycles. The van der Waals surface area contributed by atoms with Crippen molar-refractivity contribution in [2.75, 3.05) is 0 Å². The molecule has 0 aliphatic carbocycles. The summed E-state index contributed by atoms with van der Waals surface area (Å²) < 4.78 is 1.63. The lowest BCUT2D eigenvalue weighted by Crippen LogP contribution is -2.23. The van der Waals surface area contributed by atoms with Gasteiger partial charge in [-0.25, -0.2) is 4.98 Å². The monoisotopic (exact) mass is 227 g/mol. The van der Waals surface area contributed by atoms with Gasteiger partial charge in [-0.1, -0.05) is 18.2 Å². The summed E-state index contributed by atoms with van der Waals surface area (Å²) in [6, 6.07) is 7.83. The lowest BCUT2D eigenvalue weighted by molar-refractivity contribution is 0.756. The zero-order chi connectivity index (χ0) is 11.8. The van der Waals surface area contributed by atoms with Crippen molar-refractivity contribution in [2.45, 2.75) is 20.0 Å². The van der Waals surface area contributed by atoms with Gasteiger partial charge in [0.15, 0.2) is 0 Å². The van der Waals surface area contributed by atoms with E-state index in [1.807, 2.05) is 31.2 Å². The molecule has 1 aromatic heterocycles. The van der Waals surface area contributed by atoms with Gasteiger partial charge in [-0.05, 0) is 18.6 Å². The Morgan fingerprint density at radius 1 is 1.29 bits per heavy atom. The molecular formula is C13H13N3O. The smallest absolute Gasteiger partial charge is 0.262 e. The number of aryl methyl sites for hydroxylation is 1. The van der Waals surface area contributed by atoms with Gasteiger partial charge >= 0.3 is 0 Å². The summed E-state index contributed by atoms with van der Waals surface area (Å²) in [6.07, 6.45) is 1.62. The van der Waals surface area contributed by atoms with Crippen LogP contribution in [0, 0.1) is 6.92 Å². The molecule has 0 amide bonds. The van der Waals surface area contributed by atoms with Crippen LogP contribution in [0.5, 0.6) is 0 Å². The van der Waals surface area contributed by atoms with E-state index in [0.29, 0.717) is 13.1 Å². The van der Waals surface area contributed by atoms with Crippen LogP contribution in [0.3, 0.4) is 0 Å². The standard InChI is InChI=1S/C13H13N3O/c1-9-4-2-3-5-12(9)16-8-15-11-7-14-6-10(11)13(16)17/h2-5,8,14H,6-7H2,1H3. The fourth-order valence-corrected chi connectivity index (χ4v) is 2.17. The molecule has 0 radical (unpaired) electrons. The molecule has 0 atom stereocenters. The molecule has 86 valence electrons. The molecule has 1 aromatic carbocycles. The topological polar surface area (TPSA) is 46.9 Å². The number of para-hydroxylation sites is 1. The van der Waals surface area contributed by atoms with Crippen molar-refractivity contribution in [3.63, 3.8) is 0 Å². The van der Waals surface area contributed by atoms with Crippen LogP contribution in [-0.4, -0.2) is 9.55 Å². The minimum atomic E-state index is 0.0364. The molecule has 4 heteroatoms. The minimum absolute atomic E-state index is 0.0364. The first kappa shape index (κ1) is 10.2. The molecule has 0 unspecified atom stereocenters. The summed E-state index contributed by atoms with van der Waals surface area (Å²) in [5.74, 6) is 0. The number of hydrogen-bond donors (Lipinski definition) is 1. The molecule has 4 nitrogen and oxygen atoms in total. The second-order valence-electron chi connectivity index (χ2n) is 4.24. The van der Waals surface area contributed by atoms with Crippen molar-refractivity contribution in [3.05, 3.63) is 57.8 Å². The summed E-state index contributed by atoms with van der Waals surface area (Å²) in [4.78, 5) is 16.6. The highest BCUT2D eigenvalue weighted by molar-refractivity contribution is 5.40. The first-order valence-corrected chi connectivity index (χ1v) is 5.63. The molecule has 17 heavy (non-hydrogen) atoms. The molecule has 0 fully saturated rings. The molecule has 0 saturated heterocycles. The highest BCUT2D eigenvalue weighted by Gasteiger charge is 2.17. The van der Waals surface area contributed by atoms with Crippen LogP contribution in [0.15, 0.2) is 35.4 Å². The zero-order valence-corrected chi connectivity index (χ0v) is 9.60. The SMILES string of the molecule is Cc1ccccc1-n1cnc2c(c1=O)CNC2. The van der Waals surface area contributed by atoms with Crippen LogP contribution in [0.1, 0.15) is 16.8 Å². The summed E-state index contributed by atoms with van der Waals surface area (Å²) in [5.41, 5.74) is 3.67. The van der Waals surface area contributed by atoms with E-state index < -0.39 is 0 Å². The van der Waals surface area contributed by atoms with Crippen molar-refractivity contribution in [1.29, 1.82) is 0 Å². The van der Waals surface area contributed by atoms with E-state index in [0.717, 1.165) is 22.5 Å². The van der Waals surface area contributed by atoms with E-state index in [9.17, 15) is 4.79 Å². The molecule has 0 saturated carbocycles. The number of benzene rings is 1. The number of rotatable bonds is 1. The average Bonchev–Trinajstić information content (AvgIpc) is 2.80. The van der Waals surface area contributed by atoms with Gasteiger partial charge in [0.1, 0.15) is 6.33 Å². The predicted octanol–water partition coefficient (Wildman–Crippen LogP) is 1.14. The first-order valence-electron chi connectivity index (χ1n) is 5.63. The van der Waals surface area contributed by atoms with Gasteiger partial charge in [0.25, 0.3) is 5.56 Å². The summed E-state index contributed by atoms with van der Waals surface area (Å²) in [6.45, 7) is 3.31. The Labute approximate surface area is 98.9 Å². The van der Waals surface area contributed by atoms with Gasteiger partial charge in [-0.2, -0.15) is 0 Å². The van der Waals surface area contributed by atoms with Crippen molar-refractivity contribution >= 4 is 0 Å². The Balaban J connectivity index is 2.24. The van der Waals surface area contributed by atoms with Crippen LogP contribution >= 0.6 is 0 Å². The van der Waals surface area contributed by atoms with E-state index in [2.05, 4.69) is 10.3 Å². The van der Waals surface area contributed by atoms with Gasteiger partial charge in [-0.3, -0.25) is 9.36 Å². The highest BCUT2D eigenvalue weighted by atomic mass is 16.1.